The lowest BCUT2D eigenvalue weighted by Gasteiger charge is -2.37. The second-order valence-corrected chi connectivity index (χ2v) is 12.0. The molecule has 1 unspecified atom stereocenters. The molecule has 3 fully saturated rings. The molecule has 6 rings (SSSR count). The van der Waals surface area contributed by atoms with E-state index < -0.39 is 30.2 Å². The fourth-order valence-electron chi connectivity index (χ4n) is 6.32. The summed E-state index contributed by atoms with van der Waals surface area (Å²) in [6.07, 6.45) is -0.952. The van der Waals surface area contributed by atoms with Crippen molar-refractivity contribution in [2.45, 2.75) is 44.8 Å². The number of carbonyl (C=O) groups excluding carboxylic acids is 2. The van der Waals surface area contributed by atoms with Crippen LogP contribution in [-0.2, 0) is 9.53 Å². The average molecular weight is 630 g/mol. The number of halogens is 4. The Morgan fingerprint density at radius 2 is 1.77 bits per heavy atom. The first-order valence-corrected chi connectivity index (χ1v) is 15.5. The van der Waals surface area contributed by atoms with Gasteiger partial charge in [-0.15, -0.1) is 0 Å². The first kappa shape index (κ1) is 30.3. The van der Waals surface area contributed by atoms with Crippen molar-refractivity contribution in [1.29, 1.82) is 0 Å². The van der Waals surface area contributed by atoms with Crippen LogP contribution in [-0.4, -0.2) is 78.6 Å². The van der Waals surface area contributed by atoms with Gasteiger partial charge in [-0.2, -0.15) is 5.10 Å². The third kappa shape index (κ3) is 6.11. The molecular weight excluding hydrogens is 595 g/mol. The number of piperidine rings is 1. The largest absolute Gasteiger partial charge is 0.462 e. The van der Waals surface area contributed by atoms with E-state index in [0.717, 1.165) is 28.9 Å². The minimum absolute atomic E-state index is 0.0693. The number of benzene rings is 2. The Labute approximate surface area is 259 Å². The van der Waals surface area contributed by atoms with Gasteiger partial charge in [0.2, 0.25) is 5.91 Å². The van der Waals surface area contributed by atoms with Gasteiger partial charge in [0.05, 0.1) is 24.8 Å². The van der Waals surface area contributed by atoms with Crippen molar-refractivity contribution in [2.24, 2.45) is 5.92 Å². The number of aromatic nitrogens is 2. The molecule has 3 heterocycles. The van der Waals surface area contributed by atoms with E-state index in [-0.39, 0.29) is 24.1 Å². The van der Waals surface area contributed by atoms with E-state index in [4.69, 9.17) is 16.3 Å². The smallest absolute Gasteiger partial charge is 0.341 e. The molecule has 0 spiro atoms. The van der Waals surface area contributed by atoms with Crippen LogP contribution in [0.1, 0.15) is 54.7 Å². The normalized spacial score (nSPS) is 22.0. The lowest BCUT2D eigenvalue weighted by molar-refractivity contribution is -0.133. The van der Waals surface area contributed by atoms with Crippen molar-refractivity contribution in [2.75, 3.05) is 55.7 Å². The summed E-state index contributed by atoms with van der Waals surface area (Å²) in [5.74, 6) is -1.32. The van der Waals surface area contributed by atoms with Crippen LogP contribution in [0.3, 0.4) is 0 Å². The minimum Gasteiger partial charge on any atom is -0.462 e. The summed E-state index contributed by atoms with van der Waals surface area (Å²) in [6.45, 7) is 5.36. The zero-order valence-corrected chi connectivity index (χ0v) is 25.2. The number of nitrogens with zero attached hydrogens (tertiary/aromatic N) is 5. The molecular formula is C32H35ClF3N5O3. The molecule has 44 heavy (non-hydrogen) atoms. The third-order valence-corrected chi connectivity index (χ3v) is 8.98. The van der Waals surface area contributed by atoms with Gasteiger partial charge < -0.3 is 19.4 Å². The predicted molar refractivity (Wildman–Crippen MR) is 162 cm³/mol. The highest BCUT2D eigenvalue weighted by Crippen LogP contribution is 2.39. The van der Waals surface area contributed by atoms with Crippen LogP contribution in [0, 0.1) is 5.92 Å². The van der Waals surface area contributed by atoms with E-state index in [0.29, 0.717) is 57.1 Å². The molecule has 1 aromatic heterocycles. The Balaban J connectivity index is 1.19. The van der Waals surface area contributed by atoms with Crippen molar-refractivity contribution >= 4 is 34.9 Å². The highest BCUT2D eigenvalue weighted by molar-refractivity contribution is 6.31. The summed E-state index contributed by atoms with van der Waals surface area (Å²) >= 11 is 6.45. The summed E-state index contributed by atoms with van der Waals surface area (Å²) in [5.41, 5.74) is 3.26. The van der Waals surface area contributed by atoms with Crippen molar-refractivity contribution < 1.29 is 27.5 Å². The highest BCUT2D eigenvalue weighted by atomic mass is 35.5. The zero-order chi connectivity index (χ0) is 31.0. The Kier molecular flexibility index (Phi) is 8.75. The summed E-state index contributed by atoms with van der Waals surface area (Å²) in [5, 5.41) is 4.78. The summed E-state index contributed by atoms with van der Waals surface area (Å²) in [7, 11) is 0. The van der Waals surface area contributed by atoms with E-state index in [1.54, 1.807) is 11.8 Å². The second kappa shape index (κ2) is 12.7. The zero-order valence-electron chi connectivity index (χ0n) is 24.5. The van der Waals surface area contributed by atoms with Crippen molar-refractivity contribution in [3.05, 3.63) is 64.9 Å². The third-order valence-electron chi connectivity index (χ3n) is 8.74. The maximum Gasteiger partial charge on any atom is 0.341 e. The molecule has 3 aromatic rings. The Morgan fingerprint density at radius 3 is 2.43 bits per heavy atom. The van der Waals surface area contributed by atoms with Crippen molar-refractivity contribution in [1.82, 2.24) is 14.7 Å². The number of alkyl halides is 3. The molecule has 1 saturated carbocycles. The van der Waals surface area contributed by atoms with Crippen LogP contribution in [0.2, 0.25) is 5.02 Å². The standard InChI is InChI=1S/C32H35ClF3N5O3/c1-2-44-32(43)26-18-37-41(29(26)30(35)36)23-4-3-11-40(19-23)28-16-21(33)7-10-24(28)20-5-8-22(9-6-20)38-12-14-39(15-13-38)31(42)25-17-27(25)34/h5-10,16,18,23,25,27,30H,2-4,11-15,17,19H2,1H3/t23?,25-,27+/m0/s1. The van der Waals surface area contributed by atoms with Crippen molar-refractivity contribution in [3.8, 4) is 11.1 Å². The molecule has 2 aliphatic heterocycles. The van der Waals surface area contributed by atoms with Gasteiger partial charge in [-0.3, -0.25) is 9.48 Å². The molecule has 3 atom stereocenters. The van der Waals surface area contributed by atoms with Gasteiger partial charge in [0, 0.05) is 61.2 Å². The summed E-state index contributed by atoms with van der Waals surface area (Å²) < 4.78 is 48.0. The molecule has 0 radical (unpaired) electrons. The van der Waals surface area contributed by atoms with E-state index in [1.807, 2.05) is 30.3 Å². The maximum absolute atomic E-state index is 14.2. The molecule has 8 nitrogen and oxygen atoms in total. The van der Waals surface area contributed by atoms with Gasteiger partial charge in [0.1, 0.15) is 17.4 Å². The van der Waals surface area contributed by atoms with E-state index in [1.165, 1.54) is 10.9 Å². The predicted octanol–water partition coefficient (Wildman–Crippen LogP) is 6.17. The number of piperazine rings is 1. The number of hydrogen-bond donors (Lipinski definition) is 0. The lowest BCUT2D eigenvalue weighted by atomic mass is 9.99. The molecule has 2 aromatic carbocycles. The van der Waals surface area contributed by atoms with Crippen LogP contribution >= 0.6 is 11.6 Å². The first-order chi connectivity index (χ1) is 21.2. The summed E-state index contributed by atoms with van der Waals surface area (Å²) in [4.78, 5) is 30.9. The van der Waals surface area contributed by atoms with Gasteiger partial charge in [-0.25, -0.2) is 18.0 Å². The van der Waals surface area contributed by atoms with E-state index >= 15 is 0 Å². The van der Waals surface area contributed by atoms with Gasteiger partial charge in [-0.1, -0.05) is 29.8 Å². The Bertz CT molecular complexity index is 1510. The average Bonchev–Trinajstić information content (AvgIpc) is 3.59. The van der Waals surface area contributed by atoms with Crippen LogP contribution < -0.4 is 9.80 Å². The quantitative estimate of drug-likeness (QED) is 0.278. The molecule has 0 bridgehead atoms. The monoisotopic (exact) mass is 629 g/mol. The first-order valence-electron chi connectivity index (χ1n) is 15.1. The SMILES string of the molecule is CCOC(=O)c1cnn(C2CCCN(c3cc(Cl)ccc3-c3ccc(N4CCN(C(=O)[C@H]5C[C@H]5F)CC4)cc3)C2)c1C(F)F. The number of ether oxygens (including phenoxy) is 1. The number of anilines is 2. The van der Waals surface area contributed by atoms with Gasteiger partial charge in [-0.05, 0) is 56.0 Å². The fourth-order valence-corrected chi connectivity index (χ4v) is 6.49. The lowest BCUT2D eigenvalue weighted by Crippen LogP contribution is -2.49. The molecule has 0 N–H and O–H groups in total. The van der Waals surface area contributed by atoms with Crippen LogP contribution in [0.25, 0.3) is 11.1 Å². The molecule has 2 saturated heterocycles. The number of esters is 1. The van der Waals surface area contributed by atoms with E-state index in [9.17, 15) is 22.8 Å². The highest BCUT2D eigenvalue weighted by Gasteiger charge is 2.46. The van der Waals surface area contributed by atoms with E-state index in [2.05, 4.69) is 27.0 Å². The van der Waals surface area contributed by atoms with Crippen LogP contribution in [0.5, 0.6) is 0 Å². The Hall–Kier alpha value is -3.73. The van der Waals surface area contributed by atoms with Crippen molar-refractivity contribution in [3.63, 3.8) is 0 Å². The summed E-state index contributed by atoms with van der Waals surface area (Å²) in [6, 6.07) is 13.5. The van der Waals surface area contributed by atoms with Gasteiger partial charge in [0.15, 0.2) is 0 Å². The van der Waals surface area contributed by atoms with Gasteiger partial charge >= 0.3 is 5.97 Å². The van der Waals surface area contributed by atoms with Crippen LogP contribution in [0.4, 0.5) is 24.5 Å². The minimum atomic E-state index is -2.88. The molecule has 3 aliphatic rings. The number of carbonyl (C=O) groups is 2. The van der Waals surface area contributed by atoms with Crippen LogP contribution in [0.15, 0.2) is 48.7 Å². The maximum atomic E-state index is 14.2. The molecule has 1 amide bonds. The molecule has 12 heteroatoms. The molecule has 1 aliphatic carbocycles. The topological polar surface area (TPSA) is 70.9 Å². The number of rotatable bonds is 8. The number of amides is 1. The number of hydrogen-bond acceptors (Lipinski definition) is 6. The molecule has 234 valence electrons. The fraction of sp³-hybridized carbons (Fsp3) is 0.469. The second-order valence-electron chi connectivity index (χ2n) is 11.5. The Morgan fingerprint density at radius 1 is 1.05 bits per heavy atom. The van der Waals surface area contributed by atoms with Gasteiger partial charge in [0.25, 0.3) is 6.43 Å².